The minimum atomic E-state index is -0.322. The molecule has 174 valence electrons. The van der Waals surface area contributed by atoms with Gasteiger partial charge in [-0.1, -0.05) is 36.4 Å². The molecule has 1 aliphatic rings. The Morgan fingerprint density at radius 3 is 2.35 bits per heavy atom. The van der Waals surface area contributed by atoms with Gasteiger partial charge >= 0.3 is 0 Å². The molecule has 7 heteroatoms. The summed E-state index contributed by atoms with van der Waals surface area (Å²) in [5.74, 6) is 0.396. The van der Waals surface area contributed by atoms with Crippen LogP contribution in [0.4, 0.5) is 5.69 Å². The van der Waals surface area contributed by atoms with Crippen molar-refractivity contribution >= 4 is 34.8 Å². The topological polar surface area (TPSA) is 70.7 Å². The molecule has 0 radical (unpaired) electrons. The van der Waals surface area contributed by atoms with Gasteiger partial charge in [0.2, 0.25) is 0 Å². The second-order valence-electron chi connectivity index (χ2n) is 8.10. The Morgan fingerprint density at radius 2 is 1.62 bits per heavy atom. The van der Waals surface area contributed by atoms with E-state index < -0.39 is 0 Å². The van der Waals surface area contributed by atoms with Crippen LogP contribution in [0.15, 0.2) is 78.9 Å². The molecule has 0 bridgehead atoms. The number of ether oxygens (including phenoxy) is 1. The number of hydrogen-bond acceptors (Lipinski definition) is 4. The average molecular weight is 474 g/mol. The fourth-order valence-electron chi connectivity index (χ4n) is 3.80. The van der Waals surface area contributed by atoms with Crippen LogP contribution in [-0.2, 0) is 6.42 Å². The fraction of sp³-hybridized carbons (Fsp3) is 0.222. The molecule has 2 N–H and O–H groups in total. The fourth-order valence-corrected chi connectivity index (χ4v) is 4.01. The minimum Gasteiger partial charge on any atom is -0.493 e. The van der Waals surface area contributed by atoms with E-state index in [9.17, 15) is 9.59 Å². The van der Waals surface area contributed by atoms with E-state index in [-0.39, 0.29) is 16.9 Å². The van der Waals surface area contributed by atoms with Crippen LogP contribution in [0.2, 0.25) is 0 Å². The monoisotopic (exact) mass is 473 g/mol. The molecule has 0 spiro atoms. The molecule has 34 heavy (non-hydrogen) atoms. The van der Waals surface area contributed by atoms with Crippen LogP contribution >= 0.6 is 12.2 Å². The Morgan fingerprint density at radius 1 is 0.882 bits per heavy atom. The summed E-state index contributed by atoms with van der Waals surface area (Å²) < 4.78 is 5.77. The van der Waals surface area contributed by atoms with Gasteiger partial charge in [-0.3, -0.25) is 14.9 Å². The number of anilines is 1. The maximum atomic E-state index is 12.6. The molecule has 0 atom stereocenters. The van der Waals surface area contributed by atoms with Gasteiger partial charge in [0.25, 0.3) is 11.8 Å². The van der Waals surface area contributed by atoms with Crippen molar-refractivity contribution in [3.05, 3.63) is 95.6 Å². The molecule has 3 aromatic carbocycles. The lowest BCUT2D eigenvalue weighted by atomic mass is 10.1. The van der Waals surface area contributed by atoms with Crippen molar-refractivity contribution in [2.24, 2.45) is 0 Å². The molecule has 1 saturated heterocycles. The predicted molar refractivity (Wildman–Crippen MR) is 137 cm³/mol. The van der Waals surface area contributed by atoms with E-state index in [2.05, 4.69) is 22.8 Å². The van der Waals surface area contributed by atoms with Crippen LogP contribution in [0.3, 0.4) is 0 Å². The number of likely N-dealkylation sites (tertiary alicyclic amines) is 1. The largest absolute Gasteiger partial charge is 0.493 e. The number of nitrogens with one attached hydrogen (secondary N) is 2. The third-order valence-corrected chi connectivity index (χ3v) is 5.81. The first-order valence-corrected chi connectivity index (χ1v) is 11.8. The normalized spacial score (nSPS) is 12.8. The lowest BCUT2D eigenvalue weighted by molar-refractivity contribution is 0.0792. The van der Waals surface area contributed by atoms with Crippen molar-refractivity contribution in [2.45, 2.75) is 19.3 Å². The number of benzene rings is 3. The van der Waals surface area contributed by atoms with Crippen molar-refractivity contribution < 1.29 is 14.3 Å². The molecule has 0 unspecified atom stereocenters. The van der Waals surface area contributed by atoms with Crippen LogP contribution in [0.1, 0.15) is 39.1 Å². The lowest BCUT2D eigenvalue weighted by Gasteiger charge is -2.16. The van der Waals surface area contributed by atoms with Crippen molar-refractivity contribution in [1.82, 2.24) is 10.2 Å². The molecule has 6 nitrogen and oxygen atoms in total. The molecule has 0 aliphatic carbocycles. The summed E-state index contributed by atoms with van der Waals surface area (Å²) in [6.07, 6.45) is 2.90. The maximum Gasteiger partial charge on any atom is 0.257 e. The predicted octanol–water partition coefficient (Wildman–Crippen LogP) is 4.67. The minimum absolute atomic E-state index is 0.0159. The van der Waals surface area contributed by atoms with E-state index in [1.165, 1.54) is 5.56 Å². The third-order valence-electron chi connectivity index (χ3n) is 5.61. The van der Waals surface area contributed by atoms with E-state index in [1.807, 2.05) is 23.1 Å². The summed E-state index contributed by atoms with van der Waals surface area (Å²) in [5.41, 5.74) is 2.93. The Labute approximate surface area is 204 Å². The van der Waals surface area contributed by atoms with E-state index in [0.717, 1.165) is 32.4 Å². The summed E-state index contributed by atoms with van der Waals surface area (Å²) in [7, 11) is 0. The van der Waals surface area contributed by atoms with Crippen molar-refractivity contribution in [1.29, 1.82) is 0 Å². The Hall–Kier alpha value is -3.71. The number of rotatable bonds is 7. The summed E-state index contributed by atoms with van der Waals surface area (Å²) in [6.45, 7) is 2.15. The Balaban J connectivity index is 1.26. The molecule has 2 amide bonds. The molecule has 1 aliphatic heterocycles. The number of carbonyl (C=O) groups is 2. The van der Waals surface area contributed by atoms with Gasteiger partial charge in [0.15, 0.2) is 5.11 Å². The van der Waals surface area contributed by atoms with Crippen LogP contribution in [-0.4, -0.2) is 41.5 Å². The van der Waals surface area contributed by atoms with Crippen molar-refractivity contribution in [2.75, 3.05) is 25.0 Å². The Kier molecular flexibility index (Phi) is 7.88. The zero-order chi connectivity index (χ0) is 23.8. The van der Waals surface area contributed by atoms with Crippen molar-refractivity contribution in [3.8, 4) is 5.75 Å². The van der Waals surface area contributed by atoms with Gasteiger partial charge in [-0.05, 0) is 73.1 Å². The van der Waals surface area contributed by atoms with Crippen LogP contribution in [0, 0.1) is 0 Å². The van der Waals surface area contributed by atoms with Crippen molar-refractivity contribution in [3.63, 3.8) is 0 Å². The highest BCUT2D eigenvalue weighted by molar-refractivity contribution is 7.80. The van der Waals surface area contributed by atoms with E-state index in [4.69, 9.17) is 17.0 Å². The summed E-state index contributed by atoms with van der Waals surface area (Å²) in [5, 5.41) is 5.83. The first kappa shape index (κ1) is 23.4. The number of hydrogen-bond donors (Lipinski definition) is 2. The van der Waals surface area contributed by atoms with Gasteiger partial charge in [-0.25, -0.2) is 0 Å². The third kappa shape index (κ3) is 6.42. The van der Waals surface area contributed by atoms with Gasteiger partial charge in [0.1, 0.15) is 5.75 Å². The van der Waals surface area contributed by atoms with Gasteiger partial charge in [-0.15, -0.1) is 0 Å². The average Bonchev–Trinajstić information content (AvgIpc) is 3.40. The van der Waals surface area contributed by atoms with Crippen LogP contribution in [0.25, 0.3) is 0 Å². The zero-order valence-electron chi connectivity index (χ0n) is 18.8. The van der Waals surface area contributed by atoms with E-state index in [1.54, 1.807) is 48.5 Å². The zero-order valence-corrected chi connectivity index (χ0v) is 19.6. The lowest BCUT2D eigenvalue weighted by Crippen LogP contribution is -2.34. The second-order valence-corrected chi connectivity index (χ2v) is 8.51. The summed E-state index contributed by atoms with van der Waals surface area (Å²) in [6, 6.07) is 24.2. The highest BCUT2D eigenvalue weighted by atomic mass is 32.1. The first-order valence-electron chi connectivity index (χ1n) is 11.4. The number of amides is 2. The molecular weight excluding hydrogens is 446 g/mol. The Bertz CT molecular complexity index is 1140. The smallest absolute Gasteiger partial charge is 0.257 e. The molecular formula is C27H27N3O3S. The molecule has 3 aromatic rings. The highest BCUT2D eigenvalue weighted by Gasteiger charge is 2.19. The van der Waals surface area contributed by atoms with Gasteiger partial charge in [0.05, 0.1) is 6.61 Å². The number of carbonyl (C=O) groups excluding carboxylic acids is 2. The van der Waals surface area contributed by atoms with E-state index in [0.29, 0.717) is 29.2 Å². The van der Waals surface area contributed by atoms with E-state index >= 15 is 0 Å². The van der Waals surface area contributed by atoms with Gasteiger partial charge in [0, 0.05) is 36.3 Å². The maximum absolute atomic E-state index is 12.6. The SMILES string of the molecule is O=C(NC(=S)Nc1cccc(C(=O)N2CCCC2)c1)c1ccc(OCCc2ccccc2)cc1. The van der Waals surface area contributed by atoms with Gasteiger partial charge < -0.3 is 15.0 Å². The second kappa shape index (κ2) is 11.4. The summed E-state index contributed by atoms with van der Waals surface area (Å²) >= 11 is 5.29. The quantitative estimate of drug-likeness (QED) is 0.488. The van der Waals surface area contributed by atoms with Gasteiger partial charge in [-0.2, -0.15) is 0 Å². The number of nitrogens with zero attached hydrogens (tertiary/aromatic N) is 1. The molecule has 1 fully saturated rings. The molecule has 4 rings (SSSR count). The van der Waals surface area contributed by atoms with Crippen LogP contribution < -0.4 is 15.4 Å². The van der Waals surface area contributed by atoms with Crippen LogP contribution in [0.5, 0.6) is 5.75 Å². The molecule has 0 aromatic heterocycles. The first-order chi connectivity index (χ1) is 16.6. The highest BCUT2D eigenvalue weighted by Crippen LogP contribution is 2.17. The summed E-state index contributed by atoms with van der Waals surface area (Å²) in [4.78, 5) is 27.0. The number of thiocarbonyl (C=S) groups is 1. The standard InChI is InChI=1S/C27H27N3O3S/c31-25(21-11-13-24(14-12-21)33-18-15-20-7-2-1-3-8-20)29-27(34)28-23-10-6-9-22(19-23)26(32)30-16-4-5-17-30/h1-3,6-14,19H,4-5,15-18H2,(H2,28,29,31,34). The molecule has 0 saturated carbocycles. The molecule has 1 heterocycles.